The van der Waals surface area contributed by atoms with Crippen LogP contribution in [0.4, 0.5) is 0 Å². The van der Waals surface area contributed by atoms with Crippen molar-refractivity contribution in [3.63, 3.8) is 0 Å². The van der Waals surface area contributed by atoms with Gasteiger partial charge in [-0.2, -0.15) is 0 Å². The van der Waals surface area contributed by atoms with Gasteiger partial charge < -0.3 is 20.5 Å². The second kappa shape index (κ2) is 8.89. The van der Waals surface area contributed by atoms with Crippen molar-refractivity contribution in [3.8, 4) is 5.75 Å². The highest BCUT2D eigenvalue weighted by molar-refractivity contribution is 5.80. The molecule has 5 nitrogen and oxygen atoms in total. The van der Waals surface area contributed by atoms with Crippen molar-refractivity contribution in [2.45, 2.75) is 51.4 Å². The summed E-state index contributed by atoms with van der Waals surface area (Å²) in [5, 5.41) is 3.11. The maximum atomic E-state index is 12.3. The molecule has 1 fully saturated rings. The fraction of sp³-hybridized carbons (Fsp3) is 0.611. The number of nitrogens with two attached hydrogens (primary N) is 1. The molecule has 128 valence electrons. The fourth-order valence-corrected chi connectivity index (χ4v) is 3.04. The third kappa shape index (κ3) is 5.22. The predicted octanol–water partition coefficient (Wildman–Crippen LogP) is 2.23. The lowest BCUT2D eigenvalue weighted by Gasteiger charge is -2.32. The molecule has 3 N–H and O–H groups in total. The van der Waals surface area contributed by atoms with Gasteiger partial charge in [0.15, 0.2) is 0 Å². The van der Waals surface area contributed by atoms with Crippen molar-refractivity contribution >= 4 is 5.91 Å². The van der Waals surface area contributed by atoms with E-state index in [1.807, 2.05) is 24.3 Å². The zero-order valence-corrected chi connectivity index (χ0v) is 14.1. The van der Waals surface area contributed by atoms with Crippen molar-refractivity contribution in [1.82, 2.24) is 5.32 Å². The first-order valence-electron chi connectivity index (χ1n) is 8.39. The van der Waals surface area contributed by atoms with Crippen LogP contribution in [-0.4, -0.2) is 31.7 Å². The normalized spacial score (nSPS) is 22.4. The van der Waals surface area contributed by atoms with E-state index in [-0.39, 0.29) is 11.9 Å². The van der Waals surface area contributed by atoms with Crippen molar-refractivity contribution < 1.29 is 14.3 Å². The molecule has 1 aliphatic rings. The Balaban J connectivity index is 1.82. The Kier molecular flexibility index (Phi) is 6.86. The first-order chi connectivity index (χ1) is 11.1. The van der Waals surface area contributed by atoms with Crippen LogP contribution in [0.5, 0.6) is 5.75 Å². The molecule has 0 spiro atoms. The summed E-state index contributed by atoms with van der Waals surface area (Å²) in [7, 11) is 1.63. The third-order valence-corrected chi connectivity index (χ3v) is 4.54. The number of benzene rings is 1. The predicted molar refractivity (Wildman–Crippen MR) is 90.2 cm³/mol. The summed E-state index contributed by atoms with van der Waals surface area (Å²) in [5.74, 6) is 1.12. The summed E-state index contributed by atoms with van der Waals surface area (Å²) >= 11 is 0. The molecule has 1 saturated carbocycles. The van der Waals surface area contributed by atoms with E-state index in [1.54, 1.807) is 14.0 Å². The average molecular weight is 320 g/mol. The van der Waals surface area contributed by atoms with Crippen LogP contribution >= 0.6 is 0 Å². The van der Waals surface area contributed by atoms with Crippen LogP contribution < -0.4 is 15.8 Å². The van der Waals surface area contributed by atoms with E-state index in [0.717, 1.165) is 30.6 Å². The van der Waals surface area contributed by atoms with Crippen LogP contribution in [0.15, 0.2) is 24.3 Å². The van der Waals surface area contributed by atoms with Gasteiger partial charge in [0.1, 0.15) is 11.9 Å². The smallest absolute Gasteiger partial charge is 0.249 e. The first kappa shape index (κ1) is 17.8. The van der Waals surface area contributed by atoms with Crippen LogP contribution in [0.1, 0.15) is 38.2 Å². The molecule has 23 heavy (non-hydrogen) atoms. The summed E-state index contributed by atoms with van der Waals surface area (Å²) in [6.07, 6.45) is 3.98. The van der Waals surface area contributed by atoms with E-state index in [4.69, 9.17) is 15.2 Å². The van der Waals surface area contributed by atoms with Gasteiger partial charge in [0.25, 0.3) is 0 Å². The quantitative estimate of drug-likeness (QED) is 0.808. The lowest BCUT2D eigenvalue weighted by molar-refractivity contribution is -0.133. The fourth-order valence-electron chi connectivity index (χ4n) is 3.04. The Morgan fingerprint density at radius 1 is 1.39 bits per heavy atom. The minimum Gasteiger partial charge on any atom is -0.497 e. The molecule has 0 bridgehead atoms. The van der Waals surface area contributed by atoms with E-state index in [9.17, 15) is 4.79 Å². The number of carbonyl (C=O) groups is 1. The number of nitrogens with one attached hydrogen (secondary N) is 1. The van der Waals surface area contributed by atoms with Crippen LogP contribution in [0.25, 0.3) is 0 Å². The molecule has 1 aliphatic carbocycles. The van der Waals surface area contributed by atoms with E-state index >= 15 is 0 Å². The third-order valence-electron chi connectivity index (χ3n) is 4.54. The second-order valence-electron chi connectivity index (χ2n) is 6.20. The highest BCUT2D eigenvalue weighted by Crippen LogP contribution is 2.23. The first-order valence-corrected chi connectivity index (χ1v) is 8.39. The van der Waals surface area contributed by atoms with Crippen LogP contribution in [-0.2, 0) is 16.1 Å². The largest absolute Gasteiger partial charge is 0.497 e. The van der Waals surface area contributed by atoms with Gasteiger partial charge >= 0.3 is 0 Å². The average Bonchev–Trinajstić information content (AvgIpc) is 2.60. The number of amides is 1. The topological polar surface area (TPSA) is 73.6 Å². The number of hydrogen-bond donors (Lipinski definition) is 2. The van der Waals surface area contributed by atoms with Crippen molar-refractivity contribution in [1.29, 1.82) is 0 Å². The molecule has 0 heterocycles. The molecule has 3 atom stereocenters. The number of rotatable bonds is 7. The molecule has 0 radical (unpaired) electrons. The maximum Gasteiger partial charge on any atom is 0.249 e. The van der Waals surface area contributed by atoms with Crippen LogP contribution in [0.2, 0.25) is 0 Å². The molecule has 0 saturated heterocycles. The van der Waals surface area contributed by atoms with E-state index < -0.39 is 6.10 Å². The van der Waals surface area contributed by atoms with E-state index in [0.29, 0.717) is 19.1 Å². The van der Waals surface area contributed by atoms with Gasteiger partial charge in [-0.25, -0.2) is 0 Å². The van der Waals surface area contributed by atoms with Gasteiger partial charge in [-0.05, 0) is 49.9 Å². The van der Waals surface area contributed by atoms with Crippen molar-refractivity contribution in [2.75, 3.05) is 13.7 Å². The number of hydrogen-bond acceptors (Lipinski definition) is 4. The zero-order valence-electron chi connectivity index (χ0n) is 14.1. The van der Waals surface area contributed by atoms with E-state index in [2.05, 4.69) is 5.32 Å². The molecule has 1 aromatic rings. The van der Waals surface area contributed by atoms with Crippen LogP contribution in [0, 0.1) is 5.92 Å². The Bertz CT molecular complexity index is 507. The van der Waals surface area contributed by atoms with Gasteiger partial charge in [0, 0.05) is 6.04 Å². The standard InChI is InChI=1S/C18H28N2O3/c1-13(23-12-14-6-5-8-16(10-14)22-2)18(21)20-17-9-4-3-7-15(17)11-19/h5-6,8,10,13,15,17H,3-4,7,9,11-12,19H2,1-2H3,(H,20,21). The summed E-state index contributed by atoms with van der Waals surface area (Å²) < 4.78 is 10.9. The number of methoxy groups -OCH3 is 1. The molecule has 1 aromatic carbocycles. The highest BCUT2D eigenvalue weighted by atomic mass is 16.5. The Morgan fingerprint density at radius 2 is 2.17 bits per heavy atom. The SMILES string of the molecule is COc1cccc(COC(C)C(=O)NC2CCCCC2CN)c1. The van der Waals surface area contributed by atoms with Crippen LogP contribution in [0.3, 0.4) is 0 Å². The van der Waals surface area contributed by atoms with E-state index in [1.165, 1.54) is 6.42 Å². The molecule has 5 heteroatoms. The molecule has 0 aromatic heterocycles. The highest BCUT2D eigenvalue weighted by Gasteiger charge is 2.27. The Labute approximate surface area is 138 Å². The van der Waals surface area contributed by atoms with Gasteiger partial charge in [-0.3, -0.25) is 4.79 Å². The lowest BCUT2D eigenvalue weighted by Crippen LogP contribution is -2.48. The lowest BCUT2D eigenvalue weighted by atomic mass is 9.84. The molecular weight excluding hydrogens is 292 g/mol. The summed E-state index contributed by atoms with van der Waals surface area (Å²) in [5.41, 5.74) is 6.80. The summed E-state index contributed by atoms with van der Waals surface area (Å²) in [6.45, 7) is 2.80. The molecular formula is C18H28N2O3. The number of carbonyl (C=O) groups excluding carboxylic acids is 1. The minimum atomic E-state index is -0.485. The summed E-state index contributed by atoms with van der Waals surface area (Å²) in [6, 6.07) is 7.85. The van der Waals surface area contributed by atoms with Crippen molar-refractivity contribution in [2.24, 2.45) is 11.7 Å². The van der Waals surface area contributed by atoms with Gasteiger partial charge in [-0.1, -0.05) is 25.0 Å². The molecule has 1 amide bonds. The van der Waals surface area contributed by atoms with Gasteiger partial charge in [0.05, 0.1) is 13.7 Å². The van der Waals surface area contributed by atoms with Gasteiger partial charge in [-0.15, -0.1) is 0 Å². The molecule has 3 unspecified atom stereocenters. The minimum absolute atomic E-state index is 0.0572. The monoisotopic (exact) mass is 320 g/mol. The Hall–Kier alpha value is -1.59. The van der Waals surface area contributed by atoms with Gasteiger partial charge in [0.2, 0.25) is 5.91 Å². The summed E-state index contributed by atoms with van der Waals surface area (Å²) in [4.78, 5) is 12.3. The molecule has 0 aliphatic heterocycles. The maximum absolute atomic E-state index is 12.3. The molecule has 2 rings (SSSR count). The number of ether oxygens (including phenoxy) is 2. The second-order valence-corrected chi connectivity index (χ2v) is 6.20. The Morgan fingerprint density at radius 3 is 2.91 bits per heavy atom. The van der Waals surface area contributed by atoms with Crippen molar-refractivity contribution in [3.05, 3.63) is 29.8 Å². The zero-order chi connectivity index (χ0) is 16.7.